The second-order valence-corrected chi connectivity index (χ2v) is 6.12. The third kappa shape index (κ3) is 3.21. The first kappa shape index (κ1) is 14.0. The van der Waals surface area contributed by atoms with Crippen molar-refractivity contribution in [2.75, 3.05) is 17.2 Å². The van der Waals surface area contributed by atoms with Crippen LogP contribution >= 0.6 is 0 Å². The first-order valence-corrected chi connectivity index (χ1v) is 7.92. The smallest absolute Gasteiger partial charge is 0.0423 e. The van der Waals surface area contributed by atoms with Crippen LogP contribution in [0.1, 0.15) is 42.9 Å². The molecule has 2 heteroatoms. The Bertz CT molecular complexity index is 617. The van der Waals surface area contributed by atoms with E-state index in [0.29, 0.717) is 5.92 Å². The molecule has 2 N–H and O–H groups in total. The van der Waals surface area contributed by atoms with Crippen LogP contribution in [0.3, 0.4) is 0 Å². The fraction of sp³-hybridized carbons (Fsp3) is 0.368. The minimum Gasteiger partial charge on any atom is -0.385 e. The molecular formula is C19H24N2. The number of benzene rings is 2. The van der Waals surface area contributed by atoms with Crippen LogP contribution < -0.4 is 10.6 Å². The summed E-state index contributed by atoms with van der Waals surface area (Å²) in [5.41, 5.74) is 6.75. The molecule has 1 heterocycles. The van der Waals surface area contributed by atoms with Crippen molar-refractivity contribution in [1.82, 2.24) is 0 Å². The van der Waals surface area contributed by atoms with E-state index in [4.69, 9.17) is 0 Å². The van der Waals surface area contributed by atoms with Gasteiger partial charge in [-0.1, -0.05) is 44.2 Å². The molecule has 3 rings (SSSR count). The van der Waals surface area contributed by atoms with Gasteiger partial charge in [0.2, 0.25) is 0 Å². The maximum absolute atomic E-state index is 3.57. The Morgan fingerprint density at radius 2 is 2.00 bits per heavy atom. The number of anilines is 2. The van der Waals surface area contributed by atoms with Gasteiger partial charge in [0.1, 0.15) is 0 Å². The Morgan fingerprint density at radius 3 is 2.86 bits per heavy atom. The third-order valence-electron chi connectivity index (χ3n) is 4.20. The zero-order valence-electron chi connectivity index (χ0n) is 12.9. The highest BCUT2D eigenvalue weighted by molar-refractivity contribution is 5.60. The molecule has 0 spiro atoms. The van der Waals surface area contributed by atoms with Crippen LogP contribution in [0.5, 0.6) is 0 Å². The summed E-state index contributed by atoms with van der Waals surface area (Å²) >= 11 is 0. The summed E-state index contributed by atoms with van der Waals surface area (Å²) < 4.78 is 0. The summed E-state index contributed by atoms with van der Waals surface area (Å²) in [7, 11) is 0. The van der Waals surface area contributed by atoms with Crippen LogP contribution in [0.4, 0.5) is 11.4 Å². The van der Waals surface area contributed by atoms with Crippen molar-refractivity contribution in [2.24, 2.45) is 0 Å². The van der Waals surface area contributed by atoms with E-state index in [-0.39, 0.29) is 0 Å². The Kier molecular flexibility index (Phi) is 4.14. The lowest BCUT2D eigenvalue weighted by molar-refractivity contribution is 0.825. The van der Waals surface area contributed by atoms with Crippen molar-refractivity contribution < 1.29 is 0 Å². The normalized spacial score (nSPS) is 13.7. The van der Waals surface area contributed by atoms with Crippen LogP contribution in [-0.4, -0.2) is 6.54 Å². The largest absolute Gasteiger partial charge is 0.385 e. The fourth-order valence-electron chi connectivity index (χ4n) is 2.93. The number of para-hydroxylation sites is 1. The van der Waals surface area contributed by atoms with Gasteiger partial charge in [0.05, 0.1) is 0 Å². The highest BCUT2D eigenvalue weighted by atomic mass is 14.9. The summed E-state index contributed by atoms with van der Waals surface area (Å²) in [5.74, 6) is 0.568. The van der Waals surface area contributed by atoms with Crippen LogP contribution in [0.25, 0.3) is 0 Å². The van der Waals surface area contributed by atoms with Gasteiger partial charge in [-0.15, -0.1) is 0 Å². The molecule has 0 aromatic heterocycles. The highest BCUT2D eigenvalue weighted by Crippen LogP contribution is 2.27. The van der Waals surface area contributed by atoms with Gasteiger partial charge in [-0.3, -0.25) is 0 Å². The van der Waals surface area contributed by atoms with Gasteiger partial charge in [-0.2, -0.15) is 0 Å². The molecule has 0 aliphatic carbocycles. The van der Waals surface area contributed by atoms with E-state index in [2.05, 4.69) is 66.9 Å². The standard InChI is InChI=1S/C19H24N2/c1-14(2)16-7-4-10-18(12-16)21-13-17-8-3-6-15-9-5-11-20-19(15)17/h3-4,6-8,10,12,14,20-21H,5,9,11,13H2,1-2H3. The lowest BCUT2D eigenvalue weighted by atomic mass is 9.99. The Labute approximate surface area is 127 Å². The number of nitrogens with one attached hydrogen (secondary N) is 2. The minimum absolute atomic E-state index is 0.568. The number of fused-ring (bicyclic) bond motifs is 1. The maximum Gasteiger partial charge on any atom is 0.0423 e. The SMILES string of the molecule is CC(C)c1cccc(NCc2cccc3c2NCCC3)c1. The second kappa shape index (κ2) is 6.21. The summed E-state index contributed by atoms with van der Waals surface area (Å²) in [6.07, 6.45) is 2.43. The van der Waals surface area contributed by atoms with E-state index < -0.39 is 0 Å². The molecule has 0 saturated carbocycles. The minimum atomic E-state index is 0.568. The molecule has 0 radical (unpaired) electrons. The average molecular weight is 280 g/mol. The van der Waals surface area contributed by atoms with E-state index in [9.17, 15) is 0 Å². The Balaban J connectivity index is 1.75. The van der Waals surface area contributed by atoms with Crippen molar-refractivity contribution in [2.45, 2.75) is 39.2 Å². The van der Waals surface area contributed by atoms with Gasteiger partial charge in [-0.25, -0.2) is 0 Å². The summed E-state index contributed by atoms with van der Waals surface area (Å²) in [4.78, 5) is 0. The molecule has 110 valence electrons. The lowest BCUT2D eigenvalue weighted by Gasteiger charge is -2.21. The van der Waals surface area contributed by atoms with Gasteiger partial charge in [0.25, 0.3) is 0 Å². The topological polar surface area (TPSA) is 24.1 Å². The Hall–Kier alpha value is -1.96. The van der Waals surface area contributed by atoms with E-state index in [1.54, 1.807) is 0 Å². The Morgan fingerprint density at radius 1 is 1.14 bits per heavy atom. The zero-order chi connectivity index (χ0) is 14.7. The molecule has 1 aliphatic heterocycles. The molecule has 0 fully saturated rings. The fourth-order valence-corrected chi connectivity index (χ4v) is 2.93. The van der Waals surface area contributed by atoms with Crippen molar-refractivity contribution in [1.29, 1.82) is 0 Å². The van der Waals surface area contributed by atoms with Crippen LogP contribution in [0.15, 0.2) is 42.5 Å². The number of aryl methyl sites for hydroxylation is 1. The van der Waals surface area contributed by atoms with Crippen LogP contribution in [-0.2, 0) is 13.0 Å². The van der Waals surface area contributed by atoms with E-state index in [0.717, 1.165) is 13.1 Å². The number of hydrogen-bond donors (Lipinski definition) is 2. The molecular weight excluding hydrogens is 256 g/mol. The van der Waals surface area contributed by atoms with E-state index >= 15 is 0 Å². The monoisotopic (exact) mass is 280 g/mol. The first-order valence-electron chi connectivity index (χ1n) is 7.92. The van der Waals surface area contributed by atoms with Crippen molar-refractivity contribution in [3.8, 4) is 0 Å². The van der Waals surface area contributed by atoms with Gasteiger partial charge < -0.3 is 10.6 Å². The third-order valence-corrected chi connectivity index (χ3v) is 4.20. The van der Waals surface area contributed by atoms with Gasteiger partial charge in [0, 0.05) is 24.5 Å². The molecule has 0 saturated heterocycles. The molecule has 0 bridgehead atoms. The van der Waals surface area contributed by atoms with Crippen LogP contribution in [0, 0.1) is 0 Å². The van der Waals surface area contributed by atoms with Gasteiger partial charge >= 0.3 is 0 Å². The molecule has 2 aromatic rings. The maximum atomic E-state index is 3.57. The predicted octanol–water partition coefficient (Wildman–Crippen LogP) is 4.78. The van der Waals surface area contributed by atoms with E-state index in [1.165, 1.54) is 40.9 Å². The molecule has 2 nitrogen and oxygen atoms in total. The highest BCUT2D eigenvalue weighted by Gasteiger charge is 2.11. The average Bonchev–Trinajstić information content (AvgIpc) is 2.53. The molecule has 0 atom stereocenters. The van der Waals surface area contributed by atoms with Crippen molar-refractivity contribution in [3.05, 3.63) is 59.2 Å². The molecule has 21 heavy (non-hydrogen) atoms. The summed E-state index contributed by atoms with van der Waals surface area (Å²) in [6, 6.07) is 15.4. The molecule has 2 aromatic carbocycles. The van der Waals surface area contributed by atoms with Crippen molar-refractivity contribution >= 4 is 11.4 Å². The first-order chi connectivity index (χ1) is 10.2. The second-order valence-electron chi connectivity index (χ2n) is 6.12. The molecule has 0 unspecified atom stereocenters. The number of hydrogen-bond acceptors (Lipinski definition) is 2. The van der Waals surface area contributed by atoms with Gasteiger partial charge in [-0.05, 0) is 47.6 Å². The molecule has 1 aliphatic rings. The number of rotatable bonds is 4. The van der Waals surface area contributed by atoms with Crippen LogP contribution in [0.2, 0.25) is 0 Å². The zero-order valence-corrected chi connectivity index (χ0v) is 12.9. The summed E-state index contributed by atoms with van der Waals surface area (Å²) in [6.45, 7) is 6.43. The van der Waals surface area contributed by atoms with Crippen molar-refractivity contribution in [3.63, 3.8) is 0 Å². The quantitative estimate of drug-likeness (QED) is 0.842. The van der Waals surface area contributed by atoms with E-state index in [1.807, 2.05) is 0 Å². The van der Waals surface area contributed by atoms with Gasteiger partial charge in [0.15, 0.2) is 0 Å². The summed E-state index contributed by atoms with van der Waals surface area (Å²) in [5, 5.41) is 7.12. The molecule has 0 amide bonds. The lowest BCUT2D eigenvalue weighted by Crippen LogP contribution is -2.15. The predicted molar refractivity (Wildman–Crippen MR) is 91.1 cm³/mol.